The van der Waals surface area contributed by atoms with Gasteiger partial charge in [0.2, 0.25) is 0 Å². The van der Waals surface area contributed by atoms with Crippen molar-refractivity contribution >= 4 is 5.57 Å². The van der Waals surface area contributed by atoms with Crippen molar-refractivity contribution in [3.8, 4) is 0 Å². The molecule has 0 fully saturated rings. The van der Waals surface area contributed by atoms with E-state index < -0.39 is 0 Å². The Morgan fingerprint density at radius 3 is 2.52 bits per heavy atom. The van der Waals surface area contributed by atoms with Crippen LogP contribution in [0.3, 0.4) is 0 Å². The summed E-state index contributed by atoms with van der Waals surface area (Å²) in [7, 11) is 0. The van der Waals surface area contributed by atoms with E-state index in [1.165, 1.54) is 60.9 Å². The van der Waals surface area contributed by atoms with Crippen LogP contribution in [0.4, 0.5) is 0 Å². The maximum atomic E-state index is 4.15. The van der Waals surface area contributed by atoms with Crippen molar-refractivity contribution in [2.24, 2.45) is 0 Å². The van der Waals surface area contributed by atoms with Gasteiger partial charge in [0.25, 0.3) is 0 Å². The molecule has 1 aromatic heterocycles. The summed E-state index contributed by atoms with van der Waals surface area (Å²) in [6.45, 7) is 9.43. The van der Waals surface area contributed by atoms with Crippen LogP contribution in [0.15, 0.2) is 91.0 Å². The maximum Gasteiger partial charge on any atom is 0.109 e. The highest BCUT2D eigenvalue weighted by atomic mass is 15.3. The lowest BCUT2D eigenvalue weighted by Crippen LogP contribution is -2.46. The molecule has 2 heteroatoms. The molecule has 0 radical (unpaired) electrons. The standard InChI is InChI=1S/C27H35N2/c1-3-5-6-7-8-20-29(23-25-12-10-24(9-4-2)11-13-25)21-16-27(17-22-29)26-14-18-28-19-15-26/h4,9-10,12-19,21H,2-3,5-8,11,20,22-23H2,1H3/q+1. The highest BCUT2D eigenvalue weighted by Crippen LogP contribution is 2.27. The third-order valence-electron chi connectivity index (χ3n) is 5.91. The van der Waals surface area contributed by atoms with Crippen LogP contribution < -0.4 is 0 Å². The monoisotopic (exact) mass is 387 g/mol. The first-order chi connectivity index (χ1) is 14.2. The summed E-state index contributed by atoms with van der Waals surface area (Å²) < 4.78 is 1.03. The van der Waals surface area contributed by atoms with Gasteiger partial charge in [-0.2, -0.15) is 0 Å². The fraction of sp³-hybridized carbons (Fsp3) is 0.370. The molecule has 3 rings (SSSR count). The molecule has 1 aromatic rings. The summed E-state index contributed by atoms with van der Waals surface area (Å²) >= 11 is 0. The van der Waals surface area contributed by atoms with Crippen LogP contribution in [0.25, 0.3) is 5.57 Å². The first kappa shape index (κ1) is 21.3. The summed E-state index contributed by atoms with van der Waals surface area (Å²) in [6.07, 6.45) is 29.5. The fourth-order valence-corrected chi connectivity index (χ4v) is 4.15. The van der Waals surface area contributed by atoms with E-state index in [4.69, 9.17) is 0 Å². The van der Waals surface area contributed by atoms with Crippen LogP contribution in [-0.2, 0) is 0 Å². The third-order valence-corrected chi connectivity index (χ3v) is 5.91. The second-order valence-corrected chi connectivity index (χ2v) is 8.20. The molecule has 2 nitrogen and oxygen atoms in total. The molecule has 2 aliphatic rings. The molecule has 1 atom stereocenters. The van der Waals surface area contributed by atoms with E-state index in [1.54, 1.807) is 0 Å². The Bertz CT molecular complexity index is 823. The van der Waals surface area contributed by atoms with Crippen LogP contribution in [0.2, 0.25) is 0 Å². The minimum atomic E-state index is 1.01. The van der Waals surface area contributed by atoms with Crippen molar-refractivity contribution in [1.29, 1.82) is 0 Å². The van der Waals surface area contributed by atoms with Gasteiger partial charge in [0.1, 0.15) is 13.1 Å². The van der Waals surface area contributed by atoms with Crippen molar-refractivity contribution < 1.29 is 4.48 Å². The Labute approximate surface area is 177 Å². The summed E-state index contributed by atoms with van der Waals surface area (Å²) in [5.74, 6) is 0. The van der Waals surface area contributed by atoms with Crippen LogP contribution in [0.5, 0.6) is 0 Å². The lowest BCUT2D eigenvalue weighted by molar-refractivity contribution is -0.869. The van der Waals surface area contributed by atoms with Gasteiger partial charge in [0.05, 0.1) is 12.7 Å². The predicted octanol–water partition coefficient (Wildman–Crippen LogP) is 6.78. The Kier molecular flexibility index (Phi) is 8.01. The number of hydrogen-bond donors (Lipinski definition) is 0. The van der Waals surface area contributed by atoms with Crippen LogP contribution in [0, 0.1) is 0 Å². The number of nitrogens with zero attached hydrogens (tertiary/aromatic N) is 2. The van der Waals surface area contributed by atoms with Gasteiger partial charge < -0.3 is 0 Å². The zero-order chi connectivity index (χ0) is 20.4. The summed E-state index contributed by atoms with van der Waals surface area (Å²) in [5.41, 5.74) is 5.36. The molecule has 2 heterocycles. The molecule has 29 heavy (non-hydrogen) atoms. The number of aromatic nitrogens is 1. The Hall–Kier alpha value is -2.45. The molecular formula is C27H35N2+. The molecule has 0 aromatic carbocycles. The van der Waals surface area contributed by atoms with Gasteiger partial charge in [0.15, 0.2) is 0 Å². The molecule has 0 spiro atoms. The van der Waals surface area contributed by atoms with Gasteiger partial charge in [0, 0.05) is 18.0 Å². The number of pyridine rings is 1. The Balaban J connectivity index is 1.69. The average molecular weight is 388 g/mol. The van der Waals surface area contributed by atoms with E-state index in [-0.39, 0.29) is 0 Å². The number of quaternary nitrogens is 1. The highest BCUT2D eigenvalue weighted by molar-refractivity contribution is 5.74. The molecule has 0 amide bonds. The second kappa shape index (κ2) is 10.9. The lowest BCUT2D eigenvalue weighted by atomic mass is 9.99. The van der Waals surface area contributed by atoms with Crippen molar-refractivity contribution in [1.82, 2.24) is 4.98 Å². The normalized spacial score (nSPS) is 22.4. The van der Waals surface area contributed by atoms with Crippen LogP contribution in [0.1, 0.15) is 51.0 Å². The van der Waals surface area contributed by atoms with Gasteiger partial charge in [-0.1, -0.05) is 63.1 Å². The minimum absolute atomic E-state index is 1.01. The van der Waals surface area contributed by atoms with E-state index in [2.05, 4.69) is 73.3 Å². The number of allylic oxidation sites excluding steroid dienone is 7. The zero-order valence-corrected chi connectivity index (χ0v) is 17.9. The quantitative estimate of drug-likeness (QED) is 0.318. The number of hydrogen-bond acceptors (Lipinski definition) is 1. The van der Waals surface area contributed by atoms with Crippen molar-refractivity contribution in [3.05, 3.63) is 96.5 Å². The fourth-order valence-electron chi connectivity index (χ4n) is 4.15. The molecule has 1 aliphatic carbocycles. The summed E-state index contributed by atoms with van der Waals surface area (Å²) in [5, 5.41) is 0. The van der Waals surface area contributed by atoms with Gasteiger partial charge >= 0.3 is 0 Å². The van der Waals surface area contributed by atoms with E-state index in [0.29, 0.717) is 0 Å². The maximum absolute atomic E-state index is 4.15. The highest BCUT2D eigenvalue weighted by Gasteiger charge is 2.27. The predicted molar refractivity (Wildman–Crippen MR) is 125 cm³/mol. The molecule has 0 N–H and O–H groups in total. The summed E-state index contributed by atoms with van der Waals surface area (Å²) in [6, 6.07) is 4.20. The molecule has 1 aliphatic heterocycles. The van der Waals surface area contributed by atoms with E-state index >= 15 is 0 Å². The van der Waals surface area contributed by atoms with E-state index in [1.807, 2.05) is 18.5 Å². The SMILES string of the molecule is C=CC=C1C=CC(C[N+]2(CCCCCCC)C=CC(c3ccncc3)=CC2)=CC1. The van der Waals surface area contributed by atoms with Crippen LogP contribution in [-0.4, -0.2) is 29.1 Å². The molecule has 0 bridgehead atoms. The number of rotatable bonds is 10. The van der Waals surface area contributed by atoms with E-state index in [9.17, 15) is 0 Å². The second-order valence-electron chi connectivity index (χ2n) is 8.20. The molecule has 0 saturated carbocycles. The summed E-state index contributed by atoms with van der Waals surface area (Å²) in [4.78, 5) is 4.15. The van der Waals surface area contributed by atoms with Crippen molar-refractivity contribution in [3.63, 3.8) is 0 Å². The number of unbranched alkanes of at least 4 members (excludes halogenated alkanes) is 4. The van der Waals surface area contributed by atoms with Gasteiger partial charge in [-0.25, -0.2) is 0 Å². The third kappa shape index (κ3) is 6.27. The lowest BCUT2D eigenvalue weighted by Gasteiger charge is -2.37. The molecular weight excluding hydrogens is 352 g/mol. The van der Waals surface area contributed by atoms with E-state index in [0.717, 1.165) is 24.0 Å². The largest absolute Gasteiger partial charge is 0.290 e. The first-order valence-electron chi connectivity index (χ1n) is 11.1. The van der Waals surface area contributed by atoms with Crippen LogP contribution >= 0.6 is 0 Å². The van der Waals surface area contributed by atoms with Crippen molar-refractivity contribution in [2.45, 2.75) is 45.4 Å². The Morgan fingerprint density at radius 1 is 1.03 bits per heavy atom. The first-order valence-corrected chi connectivity index (χ1v) is 11.1. The van der Waals surface area contributed by atoms with Crippen molar-refractivity contribution in [2.75, 3.05) is 19.6 Å². The van der Waals surface area contributed by atoms with Gasteiger partial charge in [-0.05, 0) is 60.3 Å². The average Bonchev–Trinajstić information content (AvgIpc) is 2.76. The van der Waals surface area contributed by atoms with Gasteiger partial charge in [-0.15, -0.1) is 0 Å². The minimum Gasteiger partial charge on any atom is -0.290 e. The topological polar surface area (TPSA) is 12.9 Å². The molecule has 152 valence electrons. The molecule has 1 unspecified atom stereocenters. The Morgan fingerprint density at radius 2 is 1.86 bits per heavy atom. The molecule has 0 saturated heterocycles. The smallest absolute Gasteiger partial charge is 0.109 e. The van der Waals surface area contributed by atoms with Gasteiger partial charge in [-0.3, -0.25) is 9.47 Å². The zero-order valence-electron chi connectivity index (χ0n) is 17.9.